The molecule has 1 saturated heterocycles. The van der Waals surface area contributed by atoms with Crippen LogP contribution in [0.15, 0.2) is 57.8 Å². The monoisotopic (exact) mass is 409 g/mol. The zero-order chi connectivity index (χ0) is 17.9. The number of benzene rings is 2. The lowest BCUT2D eigenvalue weighted by molar-refractivity contribution is 0.0453. The normalized spacial score (nSPS) is 21.7. The van der Waals surface area contributed by atoms with Gasteiger partial charge in [-0.2, -0.15) is 0 Å². The molecule has 0 bridgehead atoms. The van der Waals surface area contributed by atoms with Crippen molar-refractivity contribution in [1.82, 2.24) is 15.2 Å². The van der Waals surface area contributed by atoms with Gasteiger partial charge in [0.25, 0.3) is 5.91 Å². The van der Waals surface area contributed by atoms with Crippen LogP contribution >= 0.6 is 15.9 Å². The van der Waals surface area contributed by atoms with Crippen molar-refractivity contribution in [3.63, 3.8) is 0 Å². The minimum absolute atomic E-state index is 0.107. The maximum atomic E-state index is 13.5. The molecular weight excluding hydrogens is 394 g/mol. The molecule has 1 unspecified atom stereocenters. The zero-order valence-electron chi connectivity index (χ0n) is 13.9. The minimum atomic E-state index is -0.907. The summed E-state index contributed by atoms with van der Waals surface area (Å²) in [6, 6.07) is 15.3. The number of carbonyl (C=O) groups excluding carboxylic acids is 1. The van der Waals surface area contributed by atoms with Gasteiger partial charge in [-0.15, -0.1) is 0 Å². The van der Waals surface area contributed by atoms with E-state index < -0.39 is 5.66 Å². The van der Waals surface area contributed by atoms with Gasteiger partial charge in [-0.25, -0.2) is 0 Å². The molecule has 3 heterocycles. The molecule has 1 atom stereocenters. The van der Waals surface area contributed by atoms with E-state index in [1.165, 1.54) is 0 Å². The molecule has 2 aliphatic heterocycles. The highest BCUT2D eigenvalue weighted by Gasteiger charge is 2.54. The molecule has 5 nitrogen and oxygen atoms in total. The molecule has 5 rings (SSSR count). The van der Waals surface area contributed by atoms with Crippen LogP contribution < -0.4 is 10.7 Å². The van der Waals surface area contributed by atoms with E-state index >= 15 is 0 Å². The molecule has 0 radical (unpaired) electrons. The molecule has 1 fully saturated rings. The number of nitrogens with zero attached hydrogens (tertiary/aromatic N) is 1. The summed E-state index contributed by atoms with van der Waals surface area (Å²) in [6.07, 6.45) is 0.855. The molecule has 0 aliphatic carbocycles. The standard InChI is InChI=1S/C20H16BrN3O2/c21-13-7-8-15-14(11-13)18(25)16-17(23-15)19(26)24-10-4-9-22-20(16,24)12-5-2-1-3-6-12/h1-3,5-8,11,22H,4,9-10H2,(H,23,25). The lowest BCUT2D eigenvalue weighted by Crippen LogP contribution is -2.60. The van der Waals surface area contributed by atoms with Crippen LogP contribution in [-0.2, 0) is 5.66 Å². The second-order valence-electron chi connectivity index (χ2n) is 6.71. The van der Waals surface area contributed by atoms with Crippen molar-refractivity contribution >= 4 is 32.7 Å². The fourth-order valence-corrected chi connectivity index (χ4v) is 4.59. The number of hydrogen-bond donors (Lipinski definition) is 2. The summed E-state index contributed by atoms with van der Waals surface area (Å²) in [5.41, 5.74) is 1.46. The van der Waals surface area contributed by atoms with Crippen LogP contribution in [0.5, 0.6) is 0 Å². The zero-order valence-corrected chi connectivity index (χ0v) is 15.5. The topological polar surface area (TPSA) is 65.2 Å². The number of aromatic nitrogens is 1. The van der Waals surface area contributed by atoms with Crippen LogP contribution in [0, 0.1) is 0 Å². The predicted molar refractivity (Wildman–Crippen MR) is 103 cm³/mol. The third-order valence-corrected chi connectivity index (χ3v) is 5.81. The van der Waals surface area contributed by atoms with E-state index in [9.17, 15) is 9.59 Å². The summed E-state index contributed by atoms with van der Waals surface area (Å²) in [5.74, 6) is -0.127. The molecule has 0 spiro atoms. The number of pyridine rings is 1. The van der Waals surface area contributed by atoms with Crippen LogP contribution in [0.25, 0.3) is 10.9 Å². The number of nitrogens with one attached hydrogen (secondary N) is 2. The maximum Gasteiger partial charge on any atom is 0.272 e. The fraction of sp³-hybridized carbons (Fsp3) is 0.200. The predicted octanol–water partition coefficient (Wildman–Crippen LogP) is 2.94. The summed E-state index contributed by atoms with van der Waals surface area (Å²) >= 11 is 3.44. The number of amides is 1. The van der Waals surface area contributed by atoms with Crippen molar-refractivity contribution in [2.75, 3.05) is 13.1 Å². The Hall–Kier alpha value is -2.44. The Labute approximate surface area is 158 Å². The molecule has 2 aliphatic rings. The molecule has 0 saturated carbocycles. The fourth-order valence-electron chi connectivity index (χ4n) is 4.23. The van der Waals surface area contributed by atoms with E-state index in [1.807, 2.05) is 48.5 Å². The summed E-state index contributed by atoms with van der Waals surface area (Å²) in [6.45, 7) is 1.36. The average molecular weight is 410 g/mol. The number of aromatic amines is 1. The van der Waals surface area contributed by atoms with Crippen molar-refractivity contribution in [2.45, 2.75) is 12.1 Å². The molecule has 3 aromatic rings. The molecule has 130 valence electrons. The van der Waals surface area contributed by atoms with Crippen molar-refractivity contribution in [3.8, 4) is 0 Å². The molecule has 1 amide bonds. The van der Waals surface area contributed by atoms with Crippen LogP contribution in [0.4, 0.5) is 0 Å². The van der Waals surface area contributed by atoms with Gasteiger partial charge < -0.3 is 9.88 Å². The highest BCUT2D eigenvalue weighted by molar-refractivity contribution is 9.10. The third kappa shape index (κ3) is 1.94. The van der Waals surface area contributed by atoms with E-state index in [4.69, 9.17) is 0 Å². The lowest BCUT2D eigenvalue weighted by atomic mass is 9.89. The van der Waals surface area contributed by atoms with Gasteiger partial charge >= 0.3 is 0 Å². The Bertz CT molecular complexity index is 1110. The molecule has 6 heteroatoms. The molecule has 26 heavy (non-hydrogen) atoms. The number of halogens is 1. The van der Waals surface area contributed by atoms with Crippen LogP contribution in [0.2, 0.25) is 0 Å². The molecular formula is C20H16BrN3O2. The lowest BCUT2D eigenvalue weighted by Gasteiger charge is -2.43. The van der Waals surface area contributed by atoms with E-state index in [0.29, 0.717) is 28.7 Å². The van der Waals surface area contributed by atoms with Crippen molar-refractivity contribution in [2.24, 2.45) is 0 Å². The van der Waals surface area contributed by atoms with Gasteiger partial charge in [0, 0.05) is 21.9 Å². The first kappa shape index (κ1) is 15.8. The van der Waals surface area contributed by atoms with Gasteiger partial charge in [-0.05, 0) is 36.7 Å². The number of rotatable bonds is 1. The van der Waals surface area contributed by atoms with Crippen molar-refractivity contribution in [3.05, 3.63) is 80.0 Å². The second-order valence-corrected chi connectivity index (χ2v) is 7.62. The summed E-state index contributed by atoms with van der Waals surface area (Å²) in [4.78, 5) is 31.7. The van der Waals surface area contributed by atoms with E-state index in [-0.39, 0.29) is 11.3 Å². The highest BCUT2D eigenvalue weighted by Crippen LogP contribution is 2.42. The number of hydrogen-bond acceptors (Lipinski definition) is 3. The number of carbonyl (C=O) groups is 1. The molecule has 2 aromatic carbocycles. The Morgan fingerprint density at radius 3 is 2.69 bits per heavy atom. The number of H-pyrrole nitrogens is 1. The second kappa shape index (κ2) is 5.53. The Morgan fingerprint density at radius 2 is 1.88 bits per heavy atom. The Balaban J connectivity index is 1.91. The number of fused-ring (bicyclic) bond motifs is 4. The van der Waals surface area contributed by atoms with Gasteiger partial charge in [0.1, 0.15) is 5.69 Å². The first-order valence-electron chi connectivity index (χ1n) is 8.61. The van der Waals surface area contributed by atoms with E-state index in [1.54, 1.807) is 4.90 Å². The maximum absolute atomic E-state index is 13.5. The van der Waals surface area contributed by atoms with Crippen molar-refractivity contribution in [1.29, 1.82) is 0 Å². The van der Waals surface area contributed by atoms with Gasteiger partial charge in [0.2, 0.25) is 0 Å². The summed E-state index contributed by atoms with van der Waals surface area (Å²) in [5, 5.41) is 4.07. The van der Waals surface area contributed by atoms with Gasteiger partial charge in [-0.3, -0.25) is 14.9 Å². The molecule has 1 aromatic heterocycles. The molecule has 2 N–H and O–H groups in total. The first-order valence-corrected chi connectivity index (χ1v) is 9.41. The smallest absolute Gasteiger partial charge is 0.272 e. The average Bonchev–Trinajstić information content (AvgIpc) is 2.93. The highest BCUT2D eigenvalue weighted by atomic mass is 79.9. The van der Waals surface area contributed by atoms with Crippen LogP contribution in [-0.4, -0.2) is 28.9 Å². The quantitative estimate of drug-likeness (QED) is 0.649. The van der Waals surface area contributed by atoms with Crippen LogP contribution in [0.3, 0.4) is 0 Å². The first-order chi connectivity index (χ1) is 12.6. The van der Waals surface area contributed by atoms with Gasteiger partial charge in [-0.1, -0.05) is 46.3 Å². The minimum Gasteiger partial charge on any atom is -0.350 e. The van der Waals surface area contributed by atoms with E-state index in [0.717, 1.165) is 23.0 Å². The van der Waals surface area contributed by atoms with Gasteiger partial charge in [0.15, 0.2) is 11.1 Å². The van der Waals surface area contributed by atoms with E-state index in [2.05, 4.69) is 26.2 Å². The third-order valence-electron chi connectivity index (χ3n) is 5.32. The summed E-state index contributed by atoms with van der Waals surface area (Å²) < 4.78 is 0.835. The largest absolute Gasteiger partial charge is 0.350 e. The van der Waals surface area contributed by atoms with Crippen LogP contribution in [0.1, 0.15) is 28.0 Å². The van der Waals surface area contributed by atoms with Gasteiger partial charge in [0.05, 0.1) is 5.56 Å². The summed E-state index contributed by atoms with van der Waals surface area (Å²) in [7, 11) is 0. The SMILES string of the molecule is O=C1c2[nH]c3ccc(Br)cc3c(=O)c2C2(c3ccccc3)NCCCN12. The Kier molecular flexibility index (Phi) is 3.36. The Morgan fingerprint density at radius 1 is 1.08 bits per heavy atom. The van der Waals surface area contributed by atoms with Crippen molar-refractivity contribution < 1.29 is 4.79 Å².